The number of esters is 1. The molecule has 152 valence electrons. The maximum absolute atomic E-state index is 12.8. The number of amides is 1. The van der Waals surface area contributed by atoms with Crippen molar-refractivity contribution in [1.29, 1.82) is 0 Å². The van der Waals surface area contributed by atoms with E-state index in [1.807, 2.05) is 24.3 Å². The Balaban J connectivity index is 2.21. The van der Waals surface area contributed by atoms with E-state index in [1.54, 1.807) is 27.0 Å². The van der Waals surface area contributed by atoms with Gasteiger partial charge in [-0.1, -0.05) is 18.2 Å². The van der Waals surface area contributed by atoms with Crippen LogP contribution < -0.4 is 11.1 Å². The SMILES string of the molecule is CC(C)(C)OC(=O)C(C)(CN)C(=O)N[C@H](Cc1c[nH]c2ccccc12)C(=O)O. The van der Waals surface area contributed by atoms with Crippen molar-refractivity contribution in [3.05, 3.63) is 36.0 Å². The summed E-state index contributed by atoms with van der Waals surface area (Å²) in [6.45, 7) is 6.07. The fraction of sp³-hybridized carbons (Fsp3) is 0.450. The van der Waals surface area contributed by atoms with Crippen LogP contribution in [0.2, 0.25) is 0 Å². The molecule has 8 nitrogen and oxygen atoms in total. The van der Waals surface area contributed by atoms with Crippen molar-refractivity contribution in [2.45, 2.75) is 45.8 Å². The maximum atomic E-state index is 12.8. The first-order valence-electron chi connectivity index (χ1n) is 9.00. The third-order valence-corrected chi connectivity index (χ3v) is 4.46. The standard InChI is InChI=1S/C20H27N3O5/c1-19(2,3)28-18(27)20(4,11-21)17(26)23-15(16(24)25)9-12-10-22-14-8-6-5-7-13(12)14/h5-8,10,15,22H,9,11,21H2,1-4H3,(H,23,26)(H,24,25)/t15-,20?/m1/s1. The molecule has 1 amide bonds. The Labute approximate surface area is 163 Å². The second-order valence-electron chi connectivity index (χ2n) is 7.97. The minimum atomic E-state index is -1.69. The first kappa shape index (κ1) is 21.4. The average Bonchev–Trinajstić information content (AvgIpc) is 3.01. The summed E-state index contributed by atoms with van der Waals surface area (Å²) < 4.78 is 5.29. The molecule has 1 unspecified atom stereocenters. The number of H-pyrrole nitrogens is 1. The number of carboxylic acid groups (broad SMARTS) is 1. The predicted molar refractivity (Wildman–Crippen MR) is 105 cm³/mol. The fourth-order valence-corrected chi connectivity index (χ4v) is 2.70. The smallest absolute Gasteiger partial charge is 0.326 e. The van der Waals surface area contributed by atoms with Crippen molar-refractivity contribution >= 4 is 28.7 Å². The van der Waals surface area contributed by atoms with Gasteiger partial charge in [-0.05, 0) is 39.3 Å². The molecule has 2 rings (SSSR count). The third-order valence-electron chi connectivity index (χ3n) is 4.46. The quantitative estimate of drug-likeness (QED) is 0.420. The summed E-state index contributed by atoms with van der Waals surface area (Å²) >= 11 is 0. The van der Waals surface area contributed by atoms with Crippen molar-refractivity contribution < 1.29 is 24.2 Å². The van der Waals surface area contributed by atoms with E-state index in [-0.39, 0.29) is 13.0 Å². The monoisotopic (exact) mass is 389 g/mol. The van der Waals surface area contributed by atoms with Crippen molar-refractivity contribution in [2.75, 3.05) is 6.54 Å². The van der Waals surface area contributed by atoms with Crippen LogP contribution in [0.25, 0.3) is 10.9 Å². The van der Waals surface area contributed by atoms with Gasteiger partial charge in [0, 0.05) is 30.1 Å². The van der Waals surface area contributed by atoms with Crippen LogP contribution in [0.15, 0.2) is 30.5 Å². The zero-order valence-corrected chi connectivity index (χ0v) is 16.5. The van der Waals surface area contributed by atoms with Crippen LogP contribution in [-0.2, 0) is 25.5 Å². The van der Waals surface area contributed by atoms with Gasteiger partial charge in [-0.3, -0.25) is 9.59 Å². The number of para-hydroxylation sites is 1. The normalized spacial score (nSPS) is 14.9. The molecule has 5 N–H and O–H groups in total. The molecule has 0 saturated heterocycles. The lowest BCUT2D eigenvalue weighted by molar-refractivity contribution is -0.170. The predicted octanol–water partition coefficient (Wildman–Crippen LogP) is 1.59. The Morgan fingerprint density at radius 3 is 2.43 bits per heavy atom. The molecular weight excluding hydrogens is 362 g/mol. The molecule has 0 saturated carbocycles. The van der Waals surface area contributed by atoms with Crippen LogP contribution in [-0.4, -0.2) is 46.1 Å². The van der Waals surface area contributed by atoms with E-state index in [2.05, 4.69) is 10.3 Å². The Kier molecular flexibility index (Phi) is 6.14. The van der Waals surface area contributed by atoms with E-state index >= 15 is 0 Å². The van der Waals surface area contributed by atoms with Gasteiger partial charge in [-0.25, -0.2) is 4.79 Å². The van der Waals surface area contributed by atoms with Crippen molar-refractivity contribution in [2.24, 2.45) is 11.1 Å². The first-order chi connectivity index (χ1) is 13.0. The van der Waals surface area contributed by atoms with Gasteiger partial charge in [0.05, 0.1) is 0 Å². The van der Waals surface area contributed by atoms with Crippen molar-refractivity contribution in [3.63, 3.8) is 0 Å². The maximum Gasteiger partial charge on any atom is 0.326 e. The van der Waals surface area contributed by atoms with Crippen LogP contribution in [0.3, 0.4) is 0 Å². The highest BCUT2D eigenvalue weighted by Crippen LogP contribution is 2.23. The number of hydrogen-bond acceptors (Lipinski definition) is 5. The van der Waals surface area contributed by atoms with Crippen LogP contribution in [0.4, 0.5) is 0 Å². The average molecular weight is 389 g/mol. The van der Waals surface area contributed by atoms with Gasteiger partial charge in [0.25, 0.3) is 0 Å². The number of aliphatic carboxylic acids is 1. The summed E-state index contributed by atoms with van der Waals surface area (Å²) in [4.78, 5) is 40.1. The third kappa shape index (κ3) is 4.69. The molecule has 2 atom stereocenters. The van der Waals surface area contributed by atoms with Crippen LogP contribution in [0.5, 0.6) is 0 Å². The number of aromatic nitrogens is 1. The van der Waals surface area contributed by atoms with Crippen LogP contribution in [0.1, 0.15) is 33.3 Å². The van der Waals surface area contributed by atoms with E-state index < -0.39 is 34.9 Å². The second-order valence-corrected chi connectivity index (χ2v) is 7.97. The van der Waals surface area contributed by atoms with Crippen LogP contribution >= 0.6 is 0 Å². The number of ether oxygens (including phenoxy) is 1. The van der Waals surface area contributed by atoms with E-state index in [4.69, 9.17) is 10.5 Å². The highest BCUT2D eigenvalue weighted by Gasteiger charge is 2.44. The topological polar surface area (TPSA) is 135 Å². The highest BCUT2D eigenvalue weighted by atomic mass is 16.6. The molecule has 0 fully saturated rings. The molecule has 1 heterocycles. The molecule has 0 aliphatic heterocycles. The van der Waals surface area contributed by atoms with Gasteiger partial charge < -0.3 is 25.9 Å². The molecular formula is C20H27N3O5. The Hall–Kier alpha value is -2.87. The van der Waals surface area contributed by atoms with Crippen molar-refractivity contribution in [3.8, 4) is 0 Å². The van der Waals surface area contributed by atoms with Crippen LogP contribution in [0, 0.1) is 5.41 Å². The molecule has 0 radical (unpaired) electrons. The van der Waals surface area contributed by atoms with Gasteiger partial charge in [-0.2, -0.15) is 0 Å². The Morgan fingerprint density at radius 1 is 1.21 bits per heavy atom. The van der Waals surface area contributed by atoms with Gasteiger partial charge in [0.15, 0.2) is 5.41 Å². The lowest BCUT2D eigenvalue weighted by Gasteiger charge is -2.30. The fourth-order valence-electron chi connectivity index (χ4n) is 2.70. The number of fused-ring (bicyclic) bond motifs is 1. The minimum Gasteiger partial charge on any atom is -0.480 e. The number of hydrogen-bond donors (Lipinski definition) is 4. The minimum absolute atomic E-state index is 0.0556. The molecule has 28 heavy (non-hydrogen) atoms. The molecule has 8 heteroatoms. The first-order valence-corrected chi connectivity index (χ1v) is 9.00. The summed E-state index contributed by atoms with van der Waals surface area (Å²) in [6, 6.07) is 6.24. The van der Waals surface area contributed by atoms with Gasteiger partial charge in [0.1, 0.15) is 11.6 Å². The molecule has 0 aliphatic carbocycles. The lowest BCUT2D eigenvalue weighted by atomic mass is 9.88. The molecule has 1 aromatic carbocycles. The van der Waals surface area contributed by atoms with Gasteiger partial charge in [0.2, 0.25) is 5.91 Å². The number of carboxylic acids is 1. The Morgan fingerprint density at radius 2 is 1.86 bits per heavy atom. The number of nitrogens with one attached hydrogen (secondary N) is 2. The molecule has 0 spiro atoms. The van der Waals surface area contributed by atoms with E-state index in [0.29, 0.717) is 0 Å². The molecule has 0 bridgehead atoms. The lowest BCUT2D eigenvalue weighted by Crippen LogP contribution is -2.55. The number of nitrogens with two attached hydrogens (primary N) is 1. The number of benzene rings is 1. The second kappa shape index (κ2) is 8.02. The van der Waals surface area contributed by atoms with E-state index in [1.165, 1.54) is 6.92 Å². The number of rotatable bonds is 7. The van der Waals surface area contributed by atoms with Crippen molar-refractivity contribution in [1.82, 2.24) is 10.3 Å². The molecule has 2 aromatic rings. The zero-order valence-electron chi connectivity index (χ0n) is 16.5. The summed E-state index contributed by atoms with van der Waals surface area (Å²) in [5.41, 5.74) is 4.80. The highest BCUT2D eigenvalue weighted by molar-refractivity contribution is 6.03. The van der Waals surface area contributed by atoms with E-state index in [9.17, 15) is 19.5 Å². The van der Waals surface area contributed by atoms with E-state index in [0.717, 1.165) is 16.5 Å². The summed E-state index contributed by atoms with van der Waals surface area (Å²) in [5, 5.41) is 12.9. The summed E-state index contributed by atoms with van der Waals surface area (Å²) in [7, 11) is 0. The molecule has 1 aromatic heterocycles. The Bertz CT molecular complexity index is 883. The number of aromatic amines is 1. The van der Waals surface area contributed by atoms with Gasteiger partial charge in [-0.15, -0.1) is 0 Å². The largest absolute Gasteiger partial charge is 0.480 e. The zero-order chi connectivity index (χ0) is 21.1. The van der Waals surface area contributed by atoms with Gasteiger partial charge >= 0.3 is 11.9 Å². The number of carbonyl (C=O) groups excluding carboxylic acids is 2. The summed E-state index contributed by atoms with van der Waals surface area (Å²) in [5.74, 6) is -2.78. The summed E-state index contributed by atoms with van der Waals surface area (Å²) in [6.07, 6.45) is 1.77. The number of carbonyl (C=O) groups is 3. The molecule has 0 aliphatic rings.